The van der Waals surface area contributed by atoms with Gasteiger partial charge in [0.1, 0.15) is 0 Å². The van der Waals surface area contributed by atoms with Gasteiger partial charge in [-0.3, -0.25) is 4.79 Å². The number of benzene rings is 1. The fourth-order valence-electron chi connectivity index (χ4n) is 2.75. The molecule has 0 unspecified atom stereocenters. The number of aliphatic carboxylic acids is 1. The SMILES string of the molecule is CNS(=O)(=O)c1ccc(-n2c(CCC(=O)O)ccc2-c2cc(Br)cs2)cc1. The summed E-state index contributed by atoms with van der Waals surface area (Å²) in [4.78, 5) is 12.2. The van der Waals surface area contributed by atoms with Crippen LogP contribution in [0.15, 0.2) is 57.2 Å². The van der Waals surface area contributed by atoms with Crippen molar-refractivity contribution < 1.29 is 18.3 Å². The molecule has 6 nitrogen and oxygen atoms in total. The van der Waals surface area contributed by atoms with Crippen molar-refractivity contribution in [3.8, 4) is 16.3 Å². The lowest BCUT2D eigenvalue weighted by Gasteiger charge is -2.13. The molecule has 142 valence electrons. The molecule has 0 bridgehead atoms. The van der Waals surface area contributed by atoms with Gasteiger partial charge in [-0.25, -0.2) is 13.1 Å². The molecule has 0 fully saturated rings. The Labute approximate surface area is 169 Å². The molecule has 0 saturated heterocycles. The summed E-state index contributed by atoms with van der Waals surface area (Å²) >= 11 is 5.03. The first-order valence-electron chi connectivity index (χ1n) is 8.02. The van der Waals surface area contributed by atoms with E-state index in [9.17, 15) is 13.2 Å². The number of aryl methyl sites for hydroxylation is 1. The number of aromatic nitrogens is 1. The summed E-state index contributed by atoms with van der Waals surface area (Å²) in [5, 5.41) is 11.0. The largest absolute Gasteiger partial charge is 0.481 e. The topological polar surface area (TPSA) is 88.4 Å². The number of sulfonamides is 1. The Morgan fingerprint density at radius 3 is 2.48 bits per heavy atom. The molecule has 2 aromatic heterocycles. The van der Waals surface area contributed by atoms with Gasteiger partial charge in [0, 0.05) is 21.2 Å². The van der Waals surface area contributed by atoms with Gasteiger partial charge in [0.2, 0.25) is 10.0 Å². The minimum atomic E-state index is -3.52. The van der Waals surface area contributed by atoms with E-state index in [1.165, 1.54) is 19.2 Å². The highest BCUT2D eigenvalue weighted by atomic mass is 79.9. The highest BCUT2D eigenvalue weighted by Crippen LogP contribution is 2.34. The minimum Gasteiger partial charge on any atom is -0.481 e. The Kier molecular flexibility index (Phi) is 5.85. The van der Waals surface area contributed by atoms with Crippen LogP contribution in [0.3, 0.4) is 0 Å². The molecule has 0 spiro atoms. The maximum Gasteiger partial charge on any atom is 0.303 e. The number of nitrogens with zero attached hydrogens (tertiary/aromatic N) is 1. The molecule has 0 atom stereocenters. The summed E-state index contributed by atoms with van der Waals surface area (Å²) in [5.74, 6) is -0.862. The van der Waals surface area contributed by atoms with E-state index < -0.39 is 16.0 Å². The van der Waals surface area contributed by atoms with Gasteiger partial charge in [-0.2, -0.15) is 0 Å². The molecule has 0 radical (unpaired) electrons. The number of carboxylic acids is 1. The van der Waals surface area contributed by atoms with Crippen molar-refractivity contribution in [1.82, 2.24) is 9.29 Å². The molecule has 0 amide bonds. The number of hydrogen-bond donors (Lipinski definition) is 2. The van der Waals surface area contributed by atoms with E-state index in [-0.39, 0.29) is 11.3 Å². The van der Waals surface area contributed by atoms with Crippen LogP contribution in [-0.2, 0) is 21.2 Å². The van der Waals surface area contributed by atoms with Gasteiger partial charge in [0.05, 0.1) is 21.9 Å². The molecule has 1 aromatic carbocycles. The smallest absolute Gasteiger partial charge is 0.303 e. The molecule has 3 rings (SSSR count). The Hall–Kier alpha value is -1.94. The van der Waals surface area contributed by atoms with Crippen LogP contribution in [0.25, 0.3) is 16.3 Å². The lowest BCUT2D eigenvalue weighted by atomic mass is 10.2. The van der Waals surface area contributed by atoms with E-state index in [1.807, 2.05) is 28.1 Å². The standard InChI is InChI=1S/C18H17BrN2O4S2/c1-20-27(24,25)15-6-2-13(3-7-15)21-14(5-9-18(22)23)4-8-16(21)17-10-12(19)11-26-17/h2-4,6-8,10-11,20H,5,9H2,1H3,(H,22,23). The van der Waals surface area contributed by atoms with Crippen molar-refractivity contribution in [2.75, 3.05) is 7.05 Å². The molecule has 0 aliphatic heterocycles. The van der Waals surface area contributed by atoms with Crippen LogP contribution >= 0.6 is 27.3 Å². The summed E-state index contributed by atoms with van der Waals surface area (Å²) in [5.41, 5.74) is 2.55. The van der Waals surface area contributed by atoms with Crippen LogP contribution < -0.4 is 4.72 Å². The van der Waals surface area contributed by atoms with E-state index in [2.05, 4.69) is 20.7 Å². The van der Waals surface area contributed by atoms with Gasteiger partial charge >= 0.3 is 5.97 Å². The predicted molar refractivity (Wildman–Crippen MR) is 109 cm³/mol. The average molecular weight is 469 g/mol. The van der Waals surface area contributed by atoms with Gasteiger partial charge in [0.25, 0.3) is 0 Å². The molecule has 0 saturated carbocycles. The molecule has 2 heterocycles. The average Bonchev–Trinajstić information content (AvgIpc) is 3.26. The summed E-state index contributed by atoms with van der Waals surface area (Å²) < 4.78 is 29.1. The van der Waals surface area contributed by atoms with Gasteiger partial charge < -0.3 is 9.67 Å². The van der Waals surface area contributed by atoms with E-state index in [1.54, 1.807) is 23.5 Å². The number of halogens is 1. The van der Waals surface area contributed by atoms with Gasteiger partial charge in [-0.15, -0.1) is 11.3 Å². The number of carbonyl (C=O) groups is 1. The van der Waals surface area contributed by atoms with Crippen molar-refractivity contribution in [3.05, 3.63) is 58.0 Å². The third-order valence-corrected chi connectivity index (χ3v) is 7.19. The summed E-state index contributed by atoms with van der Waals surface area (Å²) in [6.07, 6.45) is 0.391. The highest BCUT2D eigenvalue weighted by Gasteiger charge is 2.16. The quantitative estimate of drug-likeness (QED) is 0.550. The van der Waals surface area contributed by atoms with Gasteiger partial charge in [0.15, 0.2) is 0 Å². The lowest BCUT2D eigenvalue weighted by Crippen LogP contribution is -2.18. The number of hydrogen-bond acceptors (Lipinski definition) is 4. The first kappa shape index (κ1) is 19.8. The molecule has 9 heteroatoms. The minimum absolute atomic E-state index is 0.0177. The first-order valence-corrected chi connectivity index (χ1v) is 11.2. The molecular formula is C18H17BrN2O4S2. The van der Waals surface area contributed by atoms with Gasteiger partial charge in [-0.05, 0) is 71.9 Å². The maximum absolute atomic E-state index is 11.9. The second-order valence-corrected chi connectivity index (χ2v) is 9.48. The zero-order valence-electron chi connectivity index (χ0n) is 14.3. The van der Waals surface area contributed by atoms with Crippen molar-refractivity contribution in [1.29, 1.82) is 0 Å². The Balaban J connectivity index is 2.08. The number of nitrogens with one attached hydrogen (secondary N) is 1. The van der Waals surface area contributed by atoms with Crippen LogP contribution in [0.1, 0.15) is 12.1 Å². The number of carboxylic acid groups (broad SMARTS) is 1. The predicted octanol–water partition coefficient (Wildman–Crippen LogP) is 3.89. The summed E-state index contributed by atoms with van der Waals surface area (Å²) in [6, 6.07) is 12.4. The Bertz CT molecular complexity index is 1070. The zero-order chi connectivity index (χ0) is 19.6. The van der Waals surface area contributed by atoms with Crippen LogP contribution in [-0.4, -0.2) is 31.1 Å². The van der Waals surface area contributed by atoms with Crippen molar-refractivity contribution >= 4 is 43.3 Å². The lowest BCUT2D eigenvalue weighted by molar-refractivity contribution is -0.136. The number of rotatable bonds is 7. The zero-order valence-corrected chi connectivity index (χ0v) is 17.6. The van der Waals surface area contributed by atoms with Crippen molar-refractivity contribution in [2.24, 2.45) is 0 Å². The normalized spacial score (nSPS) is 11.6. The Morgan fingerprint density at radius 2 is 1.93 bits per heavy atom. The highest BCUT2D eigenvalue weighted by molar-refractivity contribution is 9.10. The van der Waals surface area contributed by atoms with Crippen LogP contribution in [0.4, 0.5) is 0 Å². The molecule has 0 aliphatic rings. The molecule has 0 aliphatic carbocycles. The van der Waals surface area contributed by atoms with Crippen molar-refractivity contribution in [3.63, 3.8) is 0 Å². The second-order valence-electron chi connectivity index (χ2n) is 5.77. The summed E-state index contributed by atoms with van der Waals surface area (Å²) in [7, 11) is -2.15. The van der Waals surface area contributed by atoms with Gasteiger partial charge in [-0.1, -0.05) is 0 Å². The monoisotopic (exact) mass is 468 g/mol. The molecular weight excluding hydrogens is 452 g/mol. The van der Waals surface area contributed by atoms with E-state index >= 15 is 0 Å². The third-order valence-electron chi connectivity index (χ3n) is 4.05. The van der Waals surface area contributed by atoms with Crippen LogP contribution in [0, 0.1) is 0 Å². The van der Waals surface area contributed by atoms with E-state index in [0.717, 1.165) is 26.4 Å². The van der Waals surface area contributed by atoms with Crippen molar-refractivity contribution in [2.45, 2.75) is 17.7 Å². The first-order chi connectivity index (χ1) is 12.8. The molecule has 2 N–H and O–H groups in total. The van der Waals surface area contributed by atoms with Crippen LogP contribution in [0.2, 0.25) is 0 Å². The fourth-order valence-corrected chi connectivity index (χ4v) is 4.92. The molecule has 27 heavy (non-hydrogen) atoms. The second kappa shape index (κ2) is 7.97. The van der Waals surface area contributed by atoms with E-state index in [4.69, 9.17) is 5.11 Å². The fraction of sp³-hybridized carbons (Fsp3) is 0.167. The third kappa shape index (κ3) is 4.32. The maximum atomic E-state index is 11.9. The van der Waals surface area contributed by atoms with Crippen LogP contribution in [0.5, 0.6) is 0 Å². The number of thiophene rings is 1. The summed E-state index contributed by atoms with van der Waals surface area (Å²) in [6.45, 7) is 0. The van der Waals surface area contributed by atoms with E-state index in [0.29, 0.717) is 6.42 Å². The Morgan fingerprint density at radius 1 is 1.22 bits per heavy atom. The molecule has 3 aromatic rings.